The van der Waals surface area contributed by atoms with Crippen LogP contribution in [0, 0.1) is 11.8 Å². The second kappa shape index (κ2) is 4.85. The van der Waals surface area contributed by atoms with Crippen LogP contribution in [-0.2, 0) is 10.0 Å². The average molecular weight is 316 g/mol. The first-order valence-corrected chi connectivity index (χ1v) is 9.05. The predicted molar refractivity (Wildman–Crippen MR) is 80.3 cm³/mol. The highest BCUT2D eigenvalue weighted by Crippen LogP contribution is 2.46. The van der Waals surface area contributed by atoms with Crippen LogP contribution in [0.4, 0.5) is 10.8 Å². The molecule has 8 heteroatoms. The third kappa shape index (κ3) is 2.19. The first-order valence-electron chi connectivity index (χ1n) is 6.83. The number of nitrogen functional groups attached to an aromatic ring is 1. The second-order valence-corrected chi connectivity index (χ2v) is 8.80. The summed E-state index contributed by atoms with van der Waals surface area (Å²) in [6.07, 6.45) is 4.95. The maximum atomic E-state index is 12.3. The summed E-state index contributed by atoms with van der Waals surface area (Å²) < 4.78 is 29.9. The topological polar surface area (TPSA) is 88.3 Å². The van der Waals surface area contributed by atoms with Gasteiger partial charge in [0.05, 0.1) is 0 Å². The first-order chi connectivity index (χ1) is 9.39. The highest BCUT2D eigenvalue weighted by molar-refractivity contribution is 7.89. The van der Waals surface area contributed by atoms with Gasteiger partial charge in [0.15, 0.2) is 10.7 Å². The normalized spacial score (nSPS) is 29.2. The fourth-order valence-corrected chi connectivity index (χ4v) is 5.53. The fraction of sp³-hybridized carbons (Fsp3) is 0.750. The molecule has 2 fully saturated rings. The summed E-state index contributed by atoms with van der Waals surface area (Å²) in [5.74, 6) is 1.56. The number of anilines is 2. The molecule has 0 spiro atoms. The number of aromatic nitrogens is 1. The number of hydrogen-bond donors (Lipinski definition) is 2. The van der Waals surface area contributed by atoms with Crippen LogP contribution in [0.15, 0.2) is 4.90 Å². The van der Waals surface area contributed by atoms with Crippen LogP contribution in [0.1, 0.15) is 25.7 Å². The van der Waals surface area contributed by atoms with Gasteiger partial charge in [-0.15, -0.1) is 0 Å². The van der Waals surface area contributed by atoms with Crippen LogP contribution in [0.2, 0.25) is 0 Å². The lowest BCUT2D eigenvalue weighted by molar-refractivity contribution is 0.439. The largest absolute Gasteiger partial charge is 0.382 e. The number of fused-ring (bicyclic) bond motifs is 2. The Morgan fingerprint density at radius 3 is 2.65 bits per heavy atom. The minimum atomic E-state index is -3.56. The predicted octanol–water partition coefficient (Wildman–Crippen LogP) is 1.58. The number of nitrogens with two attached hydrogens (primary N) is 1. The fourth-order valence-electron chi connectivity index (χ4n) is 3.41. The second-order valence-electron chi connectivity index (χ2n) is 5.94. The van der Waals surface area contributed by atoms with Crippen LogP contribution in [0.25, 0.3) is 0 Å². The lowest BCUT2D eigenvalue weighted by Crippen LogP contribution is -2.28. The van der Waals surface area contributed by atoms with Crippen LogP contribution in [-0.4, -0.2) is 37.2 Å². The molecule has 2 bridgehead atoms. The molecule has 1 aromatic heterocycles. The molecule has 0 saturated heterocycles. The van der Waals surface area contributed by atoms with E-state index < -0.39 is 10.0 Å². The maximum absolute atomic E-state index is 12.3. The molecular weight excluding hydrogens is 296 g/mol. The van der Waals surface area contributed by atoms with Crippen molar-refractivity contribution in [3.8, 4) is 0 Å². The molecule has 3 unspecified atom stereocenters. The van der Waals surface area contributed by atoms with Crippen LogP contribution in [0.3, 0.4) is 0 Å². The standard InChI is InChI=1S/C12H20N4O2S2/c1-16(2)20(17,18)10-11(13)15-19-12(10)14-9-6-7-3-4-8(9)5-7/h7-9,14H,3-6H2,1-2H3,(H2,13,15). The maximum Gasteiger partial charge on any atom is 0.249 e. The van der Waals surface area contributed by atoms with Gasteiger partial charge in [-0.1, -0.05) is 6.42 Å². The van der Waals surface area contributed by atoms with Crippen LogP contribution >= 0.6 is 11.5 Å². The molecule has 20 heavy (non-hydrogen) atoms. The zero-order chi connectivity index (χ0) is 14.5. The highest BCUT2D eigenvalue weighted by Gasteiger charge is 2.40. The van der Waals surface area contributed by atoms with E-state index in [9.17, 15) is 8.42 Å². The molecule has 3 atom stereocenters. The molecule has 0 radical (unpaired) electrons. The van der Waals surface area contributed by atoms with E-state index in [0.717, 1.165) is 23.9 Å². The quantitative estimate of drug-likeness (QED) is 0.880. The van der Waals surface area contributed by atoms with Crippen molar-refractivity contribution in [3.63, 3.8) is 0 Å². The van der Waals surface area contributed by atoms with Crippen molar-refractivity contribution in [3.05, 3.63) is 0 Å². The Bertz CT molecular complexity index is 611. The Morgan fingerprint density at radius 2 is 2.10 bits per heavy atom. The average Bonchev–Trinajstić information content (AvgIpc) is 3.05. The summed E-state index contributed by atoms with van der Waals surface area (Å²) in [5.41, 5.74) is 5.77. The van der Waals surface area contributed by atoms with E-state index in [1.165, 1.54) is 37.7 Å². The summed E-state index contributed by atoms with van der Waals surface area (Å²) >= 11 is 1.14. The highest BCUT2D eigenvalue weighted by atomic mass is 32.2. The summed E-state index contributed by atoms with van der Waals surface area (Å²) in [4.78, 5) is 0.135. The molecule has 0 aromatic carbocycles. The van der Waals surface area contributed by atoms with Gasteiger partial charge in [0.2, 0.25) is 10.0 Å². The van der Waals surface area contributed by atoms with Crippen molar-refractivity contribution in [2.24, 2.45) is 11.8 Å². The van der Waals surface area contributed by atoms with Gasteiger partial charge in [-0.3, -0.25) is 0 Å². The summed E-state index contributed by atoms with van der Waals surface area (Å²) in [6, 6.07) is 0.365. The number of sulfonamides is 1. The minimum absolute atomic E-state index is 0.0920. The van der Waals surface area contributed by atoms with Crippen molar-refractivity contribution in [2.75, 3.05) is 25.1 Å². The van der Waals surface area contributed by atoms with Gasteiger partial charge in [-0.25, -0.2) is 12.7 Å². The van der Waals surface area contributed by atoms with E-state index in [2.05, 4.69) is 9.69 Å². The monoisotopic (exact) mass is 316 g/mol. The van der Waals surface area contributed by atoms with Crippen molar-refractivity contribution in [1.82, 2.24) is 8.68 Å². The minimum Gasteiger partial charge on any atom is -0.382 e. The Balaban J connectivity index is 1.88. The van der Waals surface area contributed by atoms with Gasteiger partial charge in [0.1, 0.15) is 5.00 Å². The molecule has 2 aliphatic carbocycles. The molecule has 1 heterocycles. The van der Waals surface area contributed by atoms with Gasteiger partial charge < -0.3 is 11.1 Å². The SMILES string of the molecule is CN(C)S(=O)(=O)c1c(N)nsc1NC1CC2CCC1C2. The van der Waals surface area contributed by atoms with Crippen LogP contribution in [0.5, 0.6) is 0 Å². The third-order valence-electron chi connectivity index (χ3n) is 4.47. The van der Waals surface area contributed by atoms with E-state index >= 15 is 0 Å². The molecule has 0 amide bonds. The van der Waals surface area contributed by atoms with E-state index in [1.54, 1.807) is 0 Å². The first kappa shape index (κ1) is 14.1. The van der Waals surface area contributed by atoms with Crippen LogP contribution < -0.4 is 11.1 Å². The molecular formula is C12H20N4O2S2. The molecule has 2 aliphatic rings. The molecule has 2 saturated carbocycles. The summed E-state index contributed by atoms with van der Waals surface area (Å²) in [7, 11) is -0.540. The zero-order valence-corrected chi connectivity index (χ0v) is 13.3. The van der Waals surface area contributed by atoms with Gasteiger partial charge in [0, 0.05) is 20.1 Å². The van der Waals surface area contributed by atoms with Gasteiger partial charge in [-0.05, 0) is 42.6 Å². The molecule has 6 nitrogen and oxygen atoms in total. The van der Waals surface area contributed by atoms with E-state index in [0.29, 0.717) is 17.0 Å². The number of nitrogens with one attached hydrogen (secondary N) is 1. The van der Waals surface area contributed by atoms with Crippen molar-refractivity contribution in [1.29, 1.82) is 0 Å². The van der Waals surface area contributed by atoms with Gasteiger partial charge in [-0.2, -0.15) is 4.37 Å². The Labute approximate surface area is 123 Å². The lowest BCUT2D eigenvalue weighted by Gasteiger charge is -2.23. The Kier molecular flexibility index (Phi) is 3.42. The smallest absolute Gasteiger partial charge is 0.249 e. The van der Waals surface area contributed by atoms with E-state index in [1.807, 2.05) is 0 Å². The molecule has 1 aromatic rings. The molecule has 0 aliphatic heterocycles. The zero-order valence-electron chi connectivity index (χ0n) is 11.7. The lowest BCUT2D eigenvalue weighted by atomic mass is 9.95. The number of hydrogen-bond acceptors (Lipinski definition) is 6. The molecule has 112 valence electrons. The number of nitrogens with zero attached hydrogens (tertiary/aromatic N) is 2. The van der Waals surface area contributed by atoms with Gasteiger partial charge >= 0.3 is 0 Å². The third-order valence-corrected chi connectivity index (χ3v) is 7.28. The Hall–Kier alpha value is -0.860. The van der Waals surface area contributed by atoms with E-state index in [4.69, 9.17) is 5.73 Å². The summed E-state index contributed by atoms with van der Waals surface area (Å²) in [6.45, 7) is 0. The van der Waals surface area contributed by atoms with Crippen molar-refractivity contribution >= 4 is 32.4 Å². The van der Waals surface area contributed by atoms with E-state index in [-0.39, 0.29) is 10.7 Å². The molecule has 3 N–H and O–H groups in total. The number of rotatable bonds is 4. The van der Waals surface area contributed by atoms with Crippen molar-refractivity contribution < 1.29 is 8.42 Å². The summed E-state index contributed by atoms with van der Waals surface area (Å²) in [5, 5.41) is 3.98. The Morgan fingerprint density at radius 1 is 1.35 bits per heavy atom. The van der Waals surface area contributed by atoms with Gasteiger partial charge in [0.25, 0.3) is 0 Å². The van der Waals surface area contributed by atoms with Crippen molar-refractivity contribution in [2.45, 2.75) is 36.6 Å². The molecule has 3 rings (SSSR count).